The van der Waals surface area contributed by atoms with Gasteiger partial charge in [-0.25, -0.2) is 0 Å². The largest absolute Gasteiger partial charge is 0.317 e. The number of hydrogen-bond donors (Lipinski definition) is 1. The number of piperazine rings is 1. The summed E-state index contributed by atoms with van der Waals surface area (Å²) in [5.74, 6) is 0.931. The first-order valence-corrected chi connectivity index (χ1v) is 6.72. The van der Waals surface area contributed by atoms with Crippen LogP contribution in [0.25, 0.3) is 0 Å². The lowest BCUT2D eigenvalue weighted by atomic mass is 9.94. The fourth-order valence-electron chi connectivity index (χ4n) is 2.93. The van der Waals surface area contributed by atoms with Crippen LogP contribution in [0.5, 0.6) is 0 Å². The van der Waals surface area contributed by atoms with Crippen molar-refractivity contribution in [3.63, 3.8) is 0 Å². The summed E-state index contributed by atoms with van der Waals surface area (Å²) < 4.78 is 0. The summed E-state index contributed by atoms with van der Waals surface area (Å²) in [4.78, 5) is 5.17. The van der Waals surface area contributed by atoms with Crippen LogP contribution in [-0.4, -0.2) is 61.7 Å². The molecule has 0 radical (unpaired) electrons. The Balaban J connectivity index is 1.81. The summed E-state index contributed by atoms with van der Waals surface area (Å²) in [6, 6.07) is 0. The molecule has 2 aliphatic heterocycles. The Morgan fingerprint density at radius 2 is 1.88 bits per heavy atom. The molecular weight excluding hydrogens is 198 g/mol. The fourth-order valence-corrected chi connectivity index (χ4v) is 2.93. The van der Waals surface area contributed by atoms with Gasteiger partial charge in [0, 0.05) is 31.7 Å². The van der Waals surface area contributed by atoms with Crippen LogP contribution >= 0.6 is 0 Å². The van der Waals surface area contributed by atoms with Crippen molar-refractivity contribution >= 4 is 0 Å². The average Bonchev–Trinajstić information content (AvgIpc) is 2.25. The highest BCUT2D eigenvalue weighted by Crippen LogP contribution is 2.21. The van der Waals surface area contributed by atoms with Crippen LogP contribution < -0.4 is 5.32 Å². The summed E-state index contributed by atoms with van der Waals surface area (Å²) in [5, 5.41) is 3.45. The van der Waals surface area contributed by atoms with E-state index in [1.54, 1.807) is 0 Å². The normalized spacial score (nSPS) is 29.4. The minimum atomic E-state index is 0.352. The Kier molecular flexibility index (Phi) is 3.88. The molecule has 0 unspecified atom stereocenters. The molecule has 0 aromatic rings. The van der Waals surface area contributed by atoms with Crippen molar-refractivity contribution in [2.75, 3.05) is 46.3 Å². The maximum Gasteiger partial charge on any atom is 0.0277 e. The summed E-state index contributed by atoms with van der Waals surface area (Å²) in [6.45, 7) is 12.2. The molecule has 2 heterocycles. The molecule has 0 atom stereocenters. The highest BCUT2D eigenvalue weighted by Gasteiger charge is 2.31. The lowest BCUT2D eigenvalue weighted by Gasteiger charge is -2.46. The molecule has 2 fully saturated rings. The Morgan fingerprint density at radius 1 is 1.19 bits per heavy atom. The van der Waals surface area contributed by atoms with Crippen molar-refractivity contribution in [3.05, 3.63) is 0 Å². The van der Waals surface area contributed by atoms with Crippen molar-refractivity contribution in [1.82, 2.24) is 15.1 Å². The molecule has 0 amide bonds. The van der Waals surface area contributed by atoms with Gasteiger partial charge in [0.1, 0.15) is 0 Å². The van der Waals surface area contributed by atoms with Crippen molar-refractivity contribution in [1.29, 1.82) is 0 Å². The minimum absolute atomic E-state index is 0.352. The Bertz CT molecular complexity index is 221. The minimum Gasteiger partial charge on any atom is -0.317 e. The van der Waals surface area contributed by atoms with Crippen LogP contribution in [0.4, 0.5) is 0 Å². The van der Waals surface area contributed by atoms with E-state index >= 15 is 0 Å². The van der Waals surface area contributed by atoms with E-state index in [1.807, 2.05) is 0 Å². The molecule has 2 rings (SSSR count). The Labute approximate surface area is 100 Å². The van der Waals surface area contributed by atoms with Crippen molar-refractivity contribution in [2.24, 2.45) is 5.92 Å². The van der Waals surface area contributed by atoms with Crippen LogP contribution in [0.2, 0.25) is 0 Å². The second kappa shape index (κ2) is 5.03. The SMILES string of the molecule is CN1CCN(CC2CCNCC2)CC1(C)C. The number of hydrogen-bond acceptors (Lipinski definition) is 3. The molecule has 1 N–H and O–H groups in total. The molecule has 0 bridgehead atoms. The molecule has 0 saturated carbocycles. The van der Waals surface area contributed by atoms with E-state index in [1.165, 1.54) is 52.1 Å². The van der Waals surface area contributed by atoms with Crippen LogP contribution in [0.3, 0.4) is 0 Å². The van der Waals surface area contributed by atoms with Gasteiger partial charge in [-0.15, -0.1) is 0 Å². The third-order valence-corrected chi connectivity index (χ3v) is 4.37. The lowest BCUT2D eigenvalue weighted by molar-refractivity contribution is 0.0295. The summed E-state index contributed by atoms with van der Waals surface area (Å²) in [7, 11) is 2.25. The Hall–Kier alpha value is -0.120. The predicted octanol–water partition coefficient (Wildman–Crippen LogP) is 1.01. The smallest absolute Gasteiger partial charge is 0.0277 e. The lowest BCUT2D eigenvalue weighted by Crippen LogP contribution is -2.58. The third-order valence-electron chi connectivity index (χ3n) is 4.37. The van der Waals surface area contributed by atoms with Crippen LogP contribution in [0.15, 0.2) is 0 Å². The van der Waals surface area contributed by atoms with E-state index in [4.69, 9.17) is 0 Å². The molecular formula is C13H27N3. The molecule has 2 aliphatic rings. The molecule has 3 nitrogen and oxygen atoms in total. The zero-order valence-corrected chi connectivity index (χ0v) is 11.1. The van der Waals surface area contributed by atoms with Gasteiger partial charge in [0.05, 0.1) is 0 Å². The van der Waals surface area contributed by atoms with Gasteiger partial charge < -0.3 is 5.32 Å². The second-order valence-corrected chi connectivity index (χ2v) is 6.16. The van der Waals surface area contributed by atoms with Gasteiger partial charge in [-0.2, -0.15) is 0 Å². The molecule has 3 heteroatoms. The second-order valence-electron chi connectivity index (χ2n) is 6.16. The maximum absolute atomic E-state index is 3.45. The van der Waals surface area contributed by atoms with E-state index < -0.39 is 0 Å². The number of rotatable bonds is 2. The fraction of sp³-hybridized carbons (Fsp3) is 1.00. The average molecular weight is 225 g/mol. The molecule has 0 spiro atoms. The highest BCUT2D eigenvalue weighted by atomic mass is 15.3. The van der Waals surface area contributed by atoms with Crippen LogP contribution in [-0.2, 0) is 0 Å². The third kappa shape index (κ3) is 2.96. The van der Waals surface area contributed by atoms with Gasteiger partial charge in [0.15, 0.2) is 0 Å². The first-order chi connectivity index (χ1) is 7.58. The van der Waals surface area contributed by atoms with E-state index in [2.05, 4.69) is 36.0 Å². The molecule has 0 aromatic carbocycles. The van der Waals surface area contributed by atoms with Gasteiger partial charge in [0.2, 0.25) is 0 Å². The maximum atomic E-state index is 3.45. The van der Waals surface area contributed by atoms with Gasteiger partial charge in [-0.05, 0) is 52.7 Å². The molecule has 2 saturated heterocycles. The quantitative estimate of drug-likeness (QED) is 0.757. The molecule has 94 valence electrons. The predicted molar refractivity (Wildman–Crippen MR) is 68.7 cm³/mol. The number of nitrogens with zero attached hydrogens (tertiary/aromatic N) is 2. The molecule has 0 aliphatic carbocycles. The molecule has 16 heavy (non-hydrogen) atoms. The first kappa shape index (κ1) is 12.3. The first-order valence-electron chi connectivity index (χ1n) is 6.72. The highest BCUT2D eigenvalue weighted by molar-refractivity contribution is 4.89. The topological polar surface area (TPSA) is 18.5 Å². The molecule has 0 aromatic heterocycles. The summed E-state index contributed by atoms with van der Waals surface area (Å²) in [6.07, 6.45) is 2.74. The standard InChI is InChI=1S/C13H27N3/c1-13(2)11-16(9-8-15(13)3)10-12-4-6-14-7-5-12/h12,14H,4-11H2,1-3H3. The van der Waals surface area contributed by atoms with E-state index in [9.17, 15) is 0 Å². The zero-order valence-electron chi connectivity index (χ0n) is 11.1. The number of piperidine rings is 1. The van der Waals surface area contributed by atoms with Crippen molar-refractivity contribution in [3.8, 4) is 0 Å². The zero-order chi connectivity index (χ0) is 11.6. The van der Waals surface area contributed by atoms with Gasteiger partial charge >= 0.3 is 0 Å². The van der Waals surface area contributed by atoms with Gasteiger partial charge in [-0.3, -0.25) is 9.80 Å². The van der Waals surface area contributed by atoms with E-state index in [0.717, 1.165) is 5.92 Å². The van der Waals surface area contributed by atoms with E-state index in [0.29, 0.717) is 5.54 Å². The van der Waals surface area contributed by atoms with Gasteiger partial charge in [0.25, 0.3) is 0 Å². The number of likely N-dealkylation sites (N-methyl/N-ethyl adjacent to an activating group) is 1. The summed E-state index contributed by atoms with van der Waals surface area (Å²) >= 11 is 0. The van der Waals surface area contributed by atoms with Crippen LogP contribution in [0, 0.1) is 5.92 Å². The van der Waals surface area contributed by atoms with Crippen molar-refractivity contribution in [2.45, 2.75) is 32.2 Å². The summed E-state index contributed by atoms with van der Waals surface area (Å²) in [5.41, 5.74) is 0.352. The number of nitrogens with one attached hydrogen (secondary N) is 1. The van der Waals surface area contributed by atoms with Crippen LogP contribution in [0.1, 0.15) is 26.7 Å². The van der Waals surface area contributed by atoms with E-state index in [-0.39, 0.29) is 0 Å². The monoisotopic (exact) mass is 225 g/mol. The van der Waals surface area contributed by atoms with Gasteiger partial charge in [-0.1, -0.05) is 0 Å². The Morgan fingerprint density at radius 3 is 2.50 bits per heavy atom. The van der Waals surface area contributed by atoms with Crippen molar-refractivity contribution < 1.29 is 0 Å².